The molecule has 0 saturated heterocycles. The van der Waals surface area contributed by atoms with Crippen molar-refractivity contribution in [3.8, 4) is 5.75 Å². The molecule has 0 atom stereocenters. The minimum absolute atomic E-state index is 0.0487. The molecule has 0 spiro atoms. The van der Waals surface area contributed by atoms with E-state index in [1.165, 1.54) is 0 Å². The Kier molecular flexibility index (Phi) is 4.30. The van der Waals surface area contributed by atoms with Gasteiger partial charge in [-0.15, -0.1) is 0 Å². The third-order valence-corrected chi connectivity index (χ3v) is 3.31. The van der Waals surface area contributed by atoms with E-state index in [9.17, 15) is 4.79 Å². The zero-order chi connectivity index (χ0) is 15.2. The Balaban J connectivity index is 1.59. The van der Waals surface area contributed by atoms with Gasteiger partial charge in [0.25, 0.3) is 0 Å². The molecule has 0 aliphatic rings. The molecule has 2 aromatic carbocycles. The maximum absolute atomic E-state index is 12.1. The van der Waals surface area contributed by atoms with Gasteiger partial charge in [0.1, 0.15) is 12.4 Å². The van der Waals surface area contributed by atoms with Gasteiger partial charge in [0.2, 0.25) is 0 Å². The number of hydrogen-bond donors (Lipinski definition) is 0. The van der Waals surface area contributed by atoms with Crippen LogP contribution in [0.2, 0.25) is 0 Å². The fourth-order valence-electron chi connectivity index (χ4n) is 2.12. The fraction of sp³-hybridized carbons (Fsp3) is 0.111. The van der Waals surface area contributed by atoms with Crippen LogP contribution < -0.4 is 4.74 Å². The highest BCUT2D eigenvalue weighted by Gasteiger charge is 2.06. The molecule has 0 amide bonds. The van der Waals surface area contributed by atoms with E-state index >= 15 is 0 Å². The predicted octanol–water partition coefficient (Wildman–Crippen LogP) is 3.35. The Labute approximate surface area is 129 Å². The summed E-state index contributed by atoms with van der Waals surface area (Å²) < 4.78 is 7.46. The van der Waals surface area contributed by atoms with E-state index in [4.69, 9.17) is 4.74 Å². The number of imidazole rings is 1. The third kappa shape index (κ3) is 3.61. The third-order valence-electron chi connectivity index (χ3n) is 3.31. The summed E-state index contributed by atoms with van der Waals surface area (Å²) in [5.74, 6) is 0.802. The highest BCUT2D eigenvalue weighted by atomic mass is 16.5. The van der Waals surface area contributed by atoms with Gasteiger partial charge < -0.3 is 9.30 Å². The molecule has 22 heavy (non-hydrogen) atoms. The summed E-state index contributed by atoms with van der Waals surface area (Å²) in [6, 6.07) is 17.2. The number of hydrogen-bond acceptors (Lipinski definition) is 3. The van der Waals surface area contributed by atoms with Crippen LogP contribution >= 0.6 is 0 Å². The molecule has 4 nitrogen and oxygen atoms in total. The van der Waals surface area contributed by atoms with Gasteiger partial charge in [-0.1, -0.05) is 30.3 Å². The van der Waals surface area contributed by atoms with Crippen molar-refractivity contribution in [2.75, 3.05) is 0 Å². The normalized spacial score (nSPS) is 10.4. The largest absolute Gasteiger partial charge is 0.489 e. The minimum atomic E-state index is 0.0487. The molecule has 0 N–H and O–H groups in total. The molecule has 0 aliphatic carbocycles. The van der Waals surface area contributed by atoms with Crippen LogP contribution in [0.25, 0.3) is 0 Å². The summed E-state index contributed by atoms with van der Waals surface area (Å²) in [4.78, 5) is 16.0. The van der Waals surface area contributed by atoms with Crippen LogP contribution in [0, 0.1) is 0 Å². The number of benzene rings is 2. The predicted molar refractivity (Wildman–Crippen MR) is 83.8 cm³/mol. The average molecular weight is 292 g/mol. The van der Waals surface area contributed by atoms with E-state index in [1.54, 1.807) is 35.4 Å². The summed E-state index contributed by atoms with van der Waals surface area (Å²) in [6.45, 7) is 0.813. The number of rotatable bonds is 6. The molecular weight excluding hydrogens is 276 g/mol. The molecule has 0 unspecified atom stereocenters. The lowest BCUT2D eigenvalue weighted by atomic mass is 10.1. The maximum atomic E-state index is 12.1. The van der Waals surface area contributed by atoms with Gasteiger partial charge in [-0.25, -0.2) is 4.98 Å². The average Bonchev–Trinajstić information content (AvgIpc) is 3.07. The first kappa shape index (κ1) is 14.1. The molecule has 110 valence electrons. The van der Waals surface area contributed by atoms with Crippen molar-refractivity contribution in [2.24, 2.45) is 0 Å². The Bertz CT molecular complexity index is 720. The Morgan fingerprint density at radius 3 is 2.50 bits per heavy atom. The molecule has 4 heteroatoms. The van der Waals surface area contributed by atoms with Crippen LogP contribution in [-0.2, 0) is 13.2 Å². The lowest BCUT2D eigenvalue weighted by Crippen LogP contribution is -2.08. The van der Waals surface area contributed by atoms with Crippen molar-refractivity contribution < 1.29 is 9.53 Å². The molecule has 0 saturated carbocycles. The molecular formula is C18H16N2O2. The highest BCUT2D eigenvalue weighted by Crippen LogP contribution is 2.15. The fourth-order valence-corrected chi connectivity index (χ4v) is 2.12. The summed E-state index contributed by atoms with van der Waals surface area (Å²) >= 11 is 0. The summed E-state index contributed by atoms with van der Waals surface area (Å²) in [7, 11) is 0. The highest BCUT2D eigenvalue weighted by molar-refractivity contribution is 5.95. The Morgan fingerprint density at radius 2 is 1.82 bits per heavy atom. The quantitative estimate of drug-likeness (QED) is 0.654. The first-order chi connectivity index (χ1) is 10.8. The number of aromatic nitrogens is 2. The van der Waals surface area contributed by atoms with Crippen molar-refractivity contribution in [1.82, 2.24) is 9.55 Å². The number of nitrogens with zero attached hydrogens (tertiary/aromatic N) is 2. The molecule has 0 bridgehead atoms. The zero-order valence-electron chi connectivity index (χ0n) is 12.1. The van der Waals surface area contributed by atoms with Crippen LogP contribution in [-0.4, -0.2) is 15.3 Å². The van der Waals surface area contributed by atoms with E-state index in [1.807, 2.05) is 42.5 Å². The summed E-state index contributed by atoms with van der Waals surface area (Å²) in [6.07, 6.45) is 5.07. The number of carbonyl (C=O) groups is 1. The summed E-state index contributed by atoms with van der Waals surface area (Å²) in [5.41, 5.74) is 1.78. The van der Waals surface area contributed by atoms with Crippen molar-refractivity contribution >= 4 is 5.78 Å². The number of ketones is 1. The lowest BCUT2D eigenvalue weighted by Gasteiger charge is -2.07. The molecule has 3 rings (SSSR count). The second kappa shape index (κ2) is 6.72. The van der Waals surface area contributed by atoms with Crippen LogP contribution in [0.1, 0.15) is 15.9 Å². The molecule has 0 aliphatic heterocycles. The maximum Gasteiger partial charge on any atom is 0.182 e. The lowest BCUT2D eigenvalue weighted by molar-refractivity contribution is 0.0972. The van der Waals surface area contributed by atoms with Crippen molar-refractivity contribution in [2.45, 2.75) is 13.2 Å². The van der Waals surface area contributed by atoms with Gasteiger partial charge in [0, 0.05) is 18.0 Å². The van der Waals surface area contributed by atoms with Gasteiger partial charge in [0.15, 0.2) is 5.78 Å². The van der Waals surface area contributed by atoms with Crippen molar-refractivity contribution in [3.63, 3.8) is 0 Å². The van der Waals surface area contributed by atoms with E-state index in [0.717, 1.165) is 11.3 Å². The Morgan fingerprint density at radius 1 is 1.05 bits per heavy atom. The monoisotopic (exact) mass is 292 g/mol. The second-order valence-electron chi connectivity index (χ2n) is 4.96. The van der Waals surface area contributed by atoms with Crippen molar-refractivity contribution in [3.05, 3.63) is 84.4 Å². The molecule has 0 fully saturated rings. The van der Waals surface area contributed by atoms with Gasteiger partial charge in [-0.2, -0.15) is 0 Å². The standard InChI is InChI=1S/C18H16N2O2/c21-18(12-20-11-10-19-14-20)16-6-8-17(9-7-16)22-13-15-4-2-1-3-5-15/h1-11,14H,12-13H2. The van der Waals surface area contributed by atoms with E-state index in [0.29, 0.717) is 18.7 Å². The van der Waals surface area contributed by atoms with Gasteiger partial charge >= 0.3 is 0 Å². The summed E-state index contributed by atoms with van der Waals surface area (Å²) in [5, 5.41) is 0. The van der Waals surface area contributed by atoms with Gasteiger partial charge in [-0.05, 0) is 29.8 Å². The van der Waals surface area contributed by atoms with E-state index in [2.05, 4.69) is 4.98 Å². The SMILES string of the molecule is O=C(Cn1ccnc1)c1ccc(OCc2ccccc2)cc1. The Hall–Kier alpha value is -2.88. The van der Waals surface area contributed by atoms with E-state index < -0.39 is 0 Å². The molecule has 3 aromatic rings. The number of Topliss-reactive ketones (excluding diaryl/α,β-unsaturated/α-hetero) is 1. The van der Waals surface area contributed by atoms with Gasteiger partial charge in [-0.3, -0.25) is 4.79 Å². The minimum Gasteiger partial charge on any atom is -0.489 e. The second-order valence-corrected chi connectivity index (χ2v) is 4.96. The van der Waals surface area contributed by atoms with Crippen LogP contribution in [0.4, 0.5) is 0 Å². The van der Waals surface area contributed by atoms with Crippen molar-refractivity contribution in [1.29, 1.82) is 0 Å². The van der Waals surface area contributed by atoms with Crippen LogP contribution in [0.3, 0.4) is 0 Å². The zero-order valence-corrected chi connectivity index (χ0v) is 12.1. The topological polar surface area (TPSA) is 44.1 Å². The number of carbonyl (C=O) groups excluding carboxylic acids is 1. The van der Waals surface area contributed by atoms with E-state index in [-0.39, 0.29) is 5.78 Å². The van der Waals surface area contributed by atoms with Gasteiger partial charge in [0.05, 0.1) is 12.9 Å². The number of ether oxygens (including phenoxy) is 1. The molecule has 1 heterocycles. The smallest absolute Gasteiger partial charge is 0.182 e. The van der Waals surface area contributed by atoms with Crippen LogP contribution in [0.15, 0.2) is 73.3 Å². The first-order valence-electron chi connectivity index (χ1n) is 7.07. The molecule has 1 aromatic heterocycles. The molecule has 0 radical (unpaired) electrons. The van der Waals surface area contributed by atoms with Crippen LogP contribution in [0.5, 0.6) is 5.75 Å². The first-order valence-corrected chi connectivity index (χ1v) is 7.07.